The van der Waals surface area contributed by atoms with Crippen LogP contribution in [-0.2, 0) is 0 Å². The number of anilines is 5. The second kappa shape index (κ2) is 15.6. The average Bonchev–Trinajstić information content (AvgIpc) is 3.77. The molecule has 262 valence electrons. The third-order valence-electron chi connectivity index (χ3n) is 8.53. The van der Waals surface area contributed by atoms with Crippen LogP contribution in [0.3, 0.4) is 0 Å². The van der Waals surface area contributed by atoms with E-state index in [9.17, 15) is 14.4 Å². The van der Waals surface area contributed by atoms with Crippen molar-refractivity contribution in [2.45, 2.75) is 26.7 Å². The number of thiazole rings is 2. The smallest absolute Gasteiger partial charge is 0.260 e. The Morgan fingerprint density at radius 1 is 0.820 bits per heavy atom. The molecule has 50 heavy (non-hydrogen) atoms. The first-order valence-corrected chi connectivity index (χ1v) is 19.2. The van der Waals surface area contributed by atoms with Crippen LogP contribution in [0.15, 0.2) is 41.4 Å². The molecule has 0 spiro atoms. The zero-order valence-electron chi connectivity index (χ0n) is 27.8. The molecule has 5 aromatic rings. The number of pyridine rings is 2. The van der Waals surface area contributed by atoms with E-state index in [-0.39, 0.29) is 11.6 Å². The molecule has 1 amide bonds. The van der Waals surface area contributed by atoms with Gasteiger partial charge in [0.2, 0.25) is 0 Å². The molecule has 0 aliphatic carbocycles. The number of fused-ring (bicyclic) bond motifs is 1. The first-order valence-electron chi connectivity index (χ1n) is 16.2. The van der Waals surface area contributed by atoms with Crippen molar-refractivity contribution in [1.82, 2.24) is 19.9 Å². The Hall–Kier alpha value is -4.45. The highest BCUT2D eigenvalue weighted by atomic mass is 32.1. The lowest BCUT2D eigenvalue weighted by Gasteiger charge is -2.24. The molecule has 0 unspecified atom stereocenters. The molecule has 0 bridgehead atoms. The van der Waals surface area contributed by atoms with Gasteiger partial charge >= 0.3 is 0 Å². The molecule has 2 aliphatic heterocycles. The van der Waals surface area contributed by atoms with Gasteiger partial charge in [0, 0.05) is 95.0 Å². The summed E-state index contributed by atoms with van der Waals surface area (Å²) in [4.78, 5) is 61.0. The minimum Gasteiger partial charge on any atom is -0.397 e. The van der Waals surface area contributed by atoms with E-state index in [0.29, 0.717) is 22.0 Å². The van der Waals surface area contributed by atoms with Crippen LogP contribution in [0.2, 0.25) is 0 Å². The number of nitrogens with zero attached hydrogens (tertiary/aromatic N) is 7. The maximum absolute atomic E-state index is 11.7. The van der Waals surface area contributed by atoms with Gasteiger partial charge in [0.05, 0.1) is 16.8 Å². The van der Waals surface area contributed by atoms with Gasteiger partial charge in [-0.3, -0.25) is 14.4 Å². The van der Waals surface area contributed by atoms with Crippen molar-refractivity contribution < 1.29 is 14.4 Å². The van der Waals surface area contributed by atoms with Crippen molar-refractivity contribution in [3.05, 3.63) is 62.3 Å². The number of nitrogens with one attached hydrogen (secondary N) is 1. The number of aromatic amines is 1. The fourth-order valence-electron chi connectivity index (χ4n) is 5.96. The number of primary amides is 1. The largest absolute Gasteiger partial charge is 0.397 e. The number of ketones is 2. The average molecular weight is 751 g/mol. The van der Waals surface area contributed by atoms with Crippen molar-refractivity contribution in [3.63, 3.8) is 0 Å². The van der Waals surface area contributed by atoms with E-state index in [2.05, 4.69) is 45.6 Å². The molecule has 7 rings (SSSR count). The monoisotopic (exact) mass is 750 g/mol. The molecule has 2 fully saturated rings. The van der Waals surface area contributed by atoms with E-state index in [1.807, 2.05) is 29.1 Å². The number of carbonyl (C=O) groups excluding carboxylic acids is 3. The Morgan fingerprint density at radius 3 is 1.94 bits per heavy atom. The van der Waals surface area contributed by atoms with Gasteiger partial charge in [-0.2, -0.15) is 0 Å². The summed E-state index contributed by atoms with van der Waals surface area (Å²) in [5.74, 6) is -0.521. The van der Waals surface area contributed by atoms with Crippen LogP contribution in [-0.4, -0.2) is 89.8 Å². The summed E-state index contributed by atoms with van der Waals surface area (Å²) in [6.07, 6.45) is 5.62. The Balaban J connectivity index is 0.000000178. The summed E-state index contributed by atoms with van der Waals surface area (Å²) in [6.45, 7) is 10.1. The molecular formula is C33H38N10O3S4. The molecule has 0 radical (unpaired) electrons. The third kappa shape index (κ3) is 7.96. The number of carbonyl (C=O) groups is 3. The lowest BCUT2D eigenvalue weighted by Crippen LogP contribution is -2.30. The van der Waals surface area contributed by atoms with Gasteiger partial charge in [0.25, 0.3) is 5.91 Å². The minimum atomic E-state index is -0.529. The van der Waals surface area contributed by atoms with E-state index in [0.717, 1.165) is 102 Å². The van der Waals surface area contributed by atoms with Gasteiger partial charge < -0.3 is 36.1 Å². The topological polar surface area (TPSA) is 171 Å². The van der Waals surface area contributed by atoms with E-state index in [1.165, 1.54) is 29.6 Å². The van der Waals surface area contributed by atoms with Crippen LogP contribution in [0.25, 0.3) is 10.2 Å². The first kappa shape index (κ1) is 35.4. The normalized spacial score (nSPS) is 15.3. The minimum absolute atomic E-state index is 0.0173. The fourth-order valence-corrected chi connectivity index (χ4v) is 8.93. The van der Waals surface area contributed by atoms with E-state index in [1.54, 1.807) is 24.5 Å². The summed E-state index contributed by atoms with van der Waals surface area (Å²) in [5.41, 5.74) is 15.3. The molecular weight excluding hydrogens is 713 g/mol. The Kier molecular flexibility index (Phi) is 11.1. The number of hydrogen-bond donors (Lipinski definition) is 3. The highest BCUT2D eigenvalue weighted by molar-refractivity contribution is 7.71. The van der Waals surface area contributed by atoms with Crippen LogP contribution < -0.4 is 31.1 Å². The number of nitrogen functional groups attached to an aromatic ring is 1. The van der Waals surface area contributed by atoms with Gasteiger partial charge in [0.1, 0.15) is 25.7 Å². The predicted octanol–water partition coefficient (Wildman–Crippen LogP) is 5.47. The number of amides is 1. The lowest BCUT2D eigenvalue weighted by molar-refractivity contribution is 0.0997. The quantitative estimate of drug-likeness (QED) is 0.142. The molecule has 13 nitrogen and oxygen atoms in total. The Bertz CT molecular complexity index is 2070. The van der Waals surface area contributed by atoms with Gasteiger partial charge in [-0.25, -0.2) is 15.0 Å². The lowest BCUT2D eigenvalue weighted by atomic mass is 10.2. The summed E-state index contributed by atoms with van der Waals surface area (Å²) in [7, 11) is 0. The Labute approximate surface area is 306 Å². The molecule has 0 saturated carbocycles. The van der Waals surface area contributed by atoms with Gasteiger partial charge in [-0.05, 0) is 31.0 Å². The van der Waals surface area contributed by atoms with E-state index < -0.39 is 5.91 Å². The number of rotatable bonds is 7. The van der Waals surface area contributed by atoms with Crippen LogP contribution in [0, 0.1) is 4.64 Å². The summed E-state index contributed by atoms with van der Waals surface area (Å²) in [5, 5.41) is 6.26. The summed E-state index contributed by atoms with van der Waals surface area (Å²) < 4.78 is 0.754. The highest BCUT2D eigenvalue weighted by Crippen LogP contribution is 2.39. The van der Waals surface area contributed by atoms with Gasteiger partial charge in [-0.15, -0.1) is 34.0 Å². The maximum atomic E-state index is 11.7. The standard InChI is InChI=1S/C18H20N6O2S2.C15H18N4OS2/c1-10(25)11-9-27-18(22-11)24-6-2-5-23(7-8-24)12-3-4-21-17-13(12)14(19)15(28-17)16(20)26;1-11(20)13-10-22-15(17-13)19-6-2-5-18(7-8-19)12-3-4-16-14(21)9-12/h3-4,9H,2,5-8,19H2,1H3,(H2,20,26);3-4,9-10H,2,5-8H2,1H3,(H,16,21). The SMILES string of the molecule is CC(=O)c1csc(N2CCCN(c3cc[nH]c(=S)c3)CC2)n1.CC(=O)c1csc(N2CCCN(c3ccnc4sc(C(N)=O)c(N)c34)CC2)n1. The van der Waals surface area contributed by atoms with Crippen LogP contribution >= 0.6 is 46.2 Å². The molecule has 2 saturated heterocycles. The number of aromatic nitrogens is 4. The predicted molar refractivity (Wildman–Crippen MR) is 206 cm³/mol. The van der Waals surface area contributed by atoms with E-state index in [4.69, 9.17) is 23.7 Å². The van der Waals surface area contributed by atoms with Gasteiger partial charge in [-0.1, -0.05) is 12.2 Å². The number of Topliss-reactive ketones (excluding diaryl/α,β-unsaturated/α-hetero) is 2. The number of thiophene rings is 1. The van der Waals surface area contributed by atoms with Crippen LogP contribution in [0.1, 0.15) is 57.3 Å². The summed E-state index contributed by atoms with van der Waals surface area (Å²) >= 11 is 9.47. The second-order valence-electron chi connectivity index (χ2n) is 11.9. The number of nitrogens with two attached hydrogens (primary N) is 2. The van der Waals surface area contributed by atoms with Crippen LogP contribution in [0.5, 0.6) is 0 Å². The van der Waals surface area contributed by atoms with Crippen molar-refractivity contribution in [3.8, 4) is 0 Å². The zero-order chi connectivity index (χ0) is 35.4. The highest BCUT2D eigenvalue weighted by Gasteiger charge is 2.24. The molecule has 5 aromatic heterocycles. The van der Waals surface area contributed by atoms with E-state index >= 15 is 0 Å². The molecule has 0 atom stereocenters. The van der Waals surface area contributed by atoms with Crippen molar-refractivity contribution in [1.29, 1.82) is 0 Å². The molecule has 0 aromatic carbocycles. The second-order valence-corrected chi connectivity index (χ2v) is 15.0. The number of H-pyrrole nitrogens is 1. The maximum Gasteiger partial charge on any atom is 0.260 e. The fraction of sp³-hybridized carbons (Fsp3) is 0.364. The van der Waals surface area contributed by atoms with Crippen molar-refractivity contribution in [2.24, 2.45) is 5.73 Å². The van der Waals surface area contributed by atoms with Crippen LogP contribution in [0.4, 0.5) is 27.3 Å². The molecule has 5 N–H and O–H groups in total. The molecule has 2 aliphatic rings. The number of hydrogen-bond acceptors (Lipinski definition) is 15. The molecule has 7 heterocycles. The van der Waals surface area contributed by atoms with Gasteiger partial charge in [0.15, 0.2) is 21.8 Å². The zero-order valence-corrected chi connectivity index (χ0v) is 31.0. The van der Waals surface area contributed by atoms with Crippen molar-refractivity contribution >= 4 is 101 Å². The summed E-state index contributed by atoms with van der Waals surface area (Å²) in [6, 6.07) is 5.99. The first-order chi connectivity index (χ1) is 24.1. The van der Waals surface area contributed by atoms with Crippen molar-refractivity contribution in [2.75, 3.05) is 77.7 Å². The third-order valence-corrected chi connectivity index (χ3v) is 11.7. The Morgan fingerprint density at radius 2 is 1.38 bits per heavy atom. The molecule has 17 heteroatoms.